The molecular formula is C12H18BrN3O. The van der Waals surface area contributed by atoms with Crippen LogP contribution in [-0.2, 0) is 7.05 Å². The quantitative estimate of drug-likeness (QED) is 0.785. The van der Waals surface area contributed by atoms with Crippen molar-refractivity contribution >= 4 is 21.8 Å². The lowest BCUT2D eigenvalue weighted by Gasteiger charge is -2.28. The van der Waals surface area contributed by atoms with Crippen LogP contribution in [0.4, 0.5) is 0 Å². The summed E-state index contributed by atoms with van der Waals surface area (Å²) in [6.45, 7) is 0.865. The van der Waals surface area contributed by atoms with Crippen molar-refractivity contribution in [3.05, 3.63) is 18.0 Å². The van der Waals surface area contributed by atoms with Crippen molar-refractivity contribution in [3.8, 4) is 0 Å². The van der Waals surface area contributed by atoms with Gasteiger partial charge in [-0.1, -0.05) is 28.8 Å². The fourth-order valence-electron chi connectivity index (χ4n) is 2.30. The van der Waals surface area contributed by atoms with E-state index < -0.39 is 0 Å². The smallest absolute Gasteiger partial charge is 0.257 e. The van der Waals surface area contributed by atoms with E-state index in [0.29, 0.717) is 11.6 Å². The molecule has 0 bridgehead atoms. The Morgan fingerprint density at radius 1 is 1.53 bits per heavy atom. The molecule has 1 amide bonds. The molecule has 0 saturated carbocycles. The van der Waals surface area contributed by atoms with E-state index in [1.807, 2.05) is 11.9 Å². The summed E-state index contributed by atoms with van der Waals surface area (Å²) in [5.74, 6) is 0.115. The van der Waals surface area contributed by atoms with Gasteiger partial charge in [-0.3, -0.25) is 9.48 Å². The van der Waals surface area contributed by atoms with Crippen LogP contribution in [0, 0.1) is 0 Å². The van der Waals surface area contributed by atoms with Crippen molar-refractivity contribution < 1.29 is 4.79 Å². The third-order valence-electron chi connectivity index (χ3n) is 3.27. The van der Waals surface area contributed by atoms with Crippen LogP contribution in [0.5, 0.6) is 0 Å². The van der Waals surface area contributed by atoms with Crippen LogP contribution in [0.3, 0.4) is 0 Å². The van der Waals surface area contributed by atoms with Crippen LogP contribution < -0.4 is 0 Å². The lowest BCUT2D eigenvalue weighted by atomic mass is 10.1. The van der Waals surface area contributed by atoms with E-state index in [1.165, 1.54) is 12.8 Å². The fraction of sp³-hybridized carbons (Fsp3) is 0.667. The Kier molecular flexibility index (Phi) is 4.20. The predicted molar refractivity (Wildman–Crippen MR) is 70.3 cm³/mol. The van der Waals surface area contributed by atoms with E-state index in [1.54, 1.807) is 17.1 Å². The lowest BCUT2D eigenvalue weighted by molar-refractivity contribution is 0.0702. The number of amides is 1. The monoisotopic (exact) mass is 299 g/mol. The number of nitrogens with zero attached hydrogens (tertiary/aromatic N) is 3. The highest BCUT2D eigenvalue weighted by Crippen LogP contribution is 2.20. The molecule has 1 aliphatic heterocycles. The van der Waals surface area contributed by atoms with Gasteiger partial charge < -0.3 is 4.90 Å². The first-order valence-corrected chi connectivity index (χ1v) is 7.20. The molecule has 1 fully saturated rings. The molecule has 94 valence electrons. The highest BCUT2D eigenvalue weighted by Gasteiger charge is 2.25. The lowest BCUT2D eigenvalue weighted by Crippen LogP contribution is -2.40. The van der Waals surface area contributed by atoms with E-state index in [-0.39, 0.29) is 5.91 Å². The molecule has 0 radical (unpaired) electrons. The standard InChI is InChI=1S/C12H18BrN3O/c1-15-9-10(8-14-15)12(17)16-6-4-2-3-5-11(16)7-13/h8-9,11H,2-7H2,1H3. The van der Waals surface area contributed by atoms with Gasteiger partial charge in [0.15, 0.2) is 0 Å². The number of aryl methyl sites for hydroxylation is 1. The van der Waals surface area contributed by atoms with E-state index in [2.05, 4.69) is 21.0 Å². The Morgan fingerprint density at radius 2 is 2.35 bits per heavy atom. The number of likely N-dealkylation sites (tertiary alicyclic amines) is 1. The topological polar surface area (TPSA) is 38.1 Å². The van der Waals surface area contributed by atoms with Gasteiger partial charge in [-0.05, 0) is 12.8 Å². The SMILES string of the molecule is Cn1cc(C(=O)N2CCCCCC2CBr)cn1. The third kappa shape index (κ3) is 2.89. The van der Waals surface area contributed by atoms with Gasteiger partial charge in [0, 0.05) is 31.2 Å². The van der Waals surface area contributed by atoms with E-state index >= 15 is 0 Å². The van der Waals surface area contributed by atoms with Crippen molar-refractivity contribution in [2.45, 2.75) is 31.7 Å². The van der Waals surface area contributed by atoms with E-state index in [9.17, 15) is 4.79 Å². The summed E-state index contributed by atoms with van der Waals surface area (Å²) >= 11 is 3.52. The molecule has 17 heavy (non-hydrogen) atoms. The molecule has 1 aliphatic rings. The summed E-state index contributed by atoms with van der Waals surface area (Å²) in [6.07, 6.45) is 8.08. The first-order valence-electron chi connectivity index (χ1n) is 6.08. The number of alkyl halides is 1. The molecule has 2 rings (SSSR count). The second kappa shape index (κ2) is 5.67. The van der Waals surface area contributed by atoms with Gasteiger partial charge in [-0.2, -0.15) is 5.10 Å². The van der Waals surface area contributed by atoms with E-state index in [4.69, 9.17) is 0 Å². The van der Waals surface area contributed by atoms with Gasteiger partial charge in [-0.15, -0.1) is 0 Å². The van der Waals surface area contributed by atoms with Gasteiger partial charge >= 0.3 is 0 Å². The van der Waals surface area contributed by atoms with Gasteiger partial charge in [0.2, 0.25) is 0 Å². The minimum absolute atomic E-state index is 0.115. The Labute approximate surface area is 110 Å². The molecule has 1 aromatic heterocycles. The largest absolute Gasteiger partial charge is 0.335 e. The minimum atomic E-state index is 0.115. The molecule has 1 unspecified atom stereocenters. The van der Waals surface area contributed by atoms with Crippen LogP contribution >= 0.6 is 15.9 Å². The number of rotatable bonds is 2. The molecule has 0 aliphatic carbocycles. The van der Waals surface area contributed by atoms with E-state index in [0.717, 1.165) is 24.7 Å². The first kappa shape index (κ1) is 12.6. The molecule has 1 atom stereocenters. The Morgan fingerprint density at radius 3 is 3.00 bits per heavy atom. The van der Waals surface area contributed by atoms with Crippen molar-refractivity contribution in [1.82, 2.24) is 14.7 Å². The van der Waals surface area contributed by atoms with Gasteiger partial charge in [0.25, 0.3) is 5.91 Å². The summed E-state index contributed by atoms with van der Waals surface area (Å²) < 4.78 is 1.67. The highest BCUT2D eigenvalue weighted by molar-refractivity contribution is 9.09. The van der Waals surface area contributed by atoms with Gasteiger partial charge in [0.05, 0.1) is 11.8 Å². The Balaban J connectivity index is 2.15. The summed E-state index contributed by atoms with van der Waals surface area (Å²) in [6, 6.07) is 0.324. The zero-order valence-electron chi connectivity index (χ0n) is 10.1. The van der Waals surface area contributed by atoms with Crippen LogP contribution in [0.15, 0.2) is 12.4 Å². The maximum Gasteiger partial charge on any atom is 0.257 e. The van der Waals surface area contributed by atoms with Crippen LogP contribution in [0.2, 0.25) is 0 Å². The molecular weight excluding hydrogens is 282 g/mol. The summed E-state index contributed by atoms with van der Waals surface area (Å²) in [5, 5.41) is 4.92. The van der Waals surface area contributed by atoms with Crippen molar-refractivity contribution in [3.63, 3.8) is 0 Å². The zero-order valence-corrected chi connectivity index (χ0v) is 11.7. The zero-order chi connectivity index (χ0) is 12.3. The molecule has 1 saturated heterocycles. The molecule has 0 aromatic carbocycles. The van der Waals surface area contributed by atoms with Crippen LogP contribution in [-0.4, -0.2) is 38.5 Å². The van der Waals surface area contributed by atoms with Gasteiger partial charge in [0.1, 0.15) is 0 Å². The Hall–Kier alpha value is -0.840. The predicted octanol–water partition coefficient (Wildman–Crippen LogP) is 2.20. The molecule has 0 N–H and O–H groups in total. The molecule has 5 heteroatoms. The van der Waals surface area contributed by atoms with Crippen LogP contribution in [0.1, 0.15) is 36.0 Å². The maximum absolute atomic E-state index is 12.4. The van der Waals surface area contributed by atoms with Crippen LogP contribution in [0.25, 0.3) is 0 Å². The van der Waals surface area contributed by atoms with Crippen molar-refractivity contribution in [2.75, 3.05) is 11.9 Å². The van der Waals surface area contributed by atoms with Crippen molar-refractivity contribution in [2.24, 2.45) is 7.05 Å². The summed E-state index contributed by atoms with van der Waals surface area (Å²) in [7, 11) is 1.83. The second-order valence-electron chi connectivity index (χ2n) is 4.56. The fourth-order valence-corrected chi connectivity index (χ4v) is 2.98. The molecule has 0 spiro atoms. The summed E-state index contributed by atoms with van der Waals surface area (Å²) in [4.78, 5) is 14.4. The maximum atomic E-state index is 12.4. The van der Waals surface area contributed by atoms with Gasteiger partial charge in [-0.25, -0.2) is 0 Å². The number of carbonyl (C=O) groups excluding carboxylic acids is 1. The second-order valence-corrected chi connectivity index (χ2v) is 5.21. The number of hydrogen-bond donors (Lipinski definition) is 0. The third-order valence-corrected chi connectivity index (χ3v) is 4.02. The molecule has 1 aromatic rings. The minimum Gasteiger partial charge on any atom is -0.335 e. The normalized spacial score (nSPS) is 21.3. The Bertz CT molecular complexity index is 391. The van der Waals surface area contributed by atoms with Crippen molar-refractivity contribution in [1.29, 1.82) is 0 Å². The average molecular weight is 300 g/mol. The summed E-state index contributed by atoms with van der Waals surface area (Å²) in [5.41, 5.74) is 0.695. The first-order chi connectivity index (χ1) is 8.22. The number of aromatic nitrogens is 2. The number of halogens is 1. The number of hydrogen-bond acceptors (Lipinski definition) is 2. The highest BCUT2D eigenvalue weighted by atomic mass is 79.9. The number of carbonyl (C=O) groups is 1. The molecule has 4 nitrogen and oxygen atoms in total. The molecule has 2 heterocycles. The average Bonchev–Trinajstić information content (AvgIpc) is 2.64.